The van der Waals surface area contributed by atoms with Crippen molar-refractivity contribution in [2.45, 2.75) is 5.92 Å². The molecular formula is C22H25NO2S. The average molecular weight is 368 g/mol. The fourth-order valence-corrected chi connectivity index (χ4v) is 3.76. The predicted molar refractivity (Wildman–Crippen MR) is 109 cm³/mol. The molecule has 0 unspecified atom stereocenters. The molecule has 1 heterocycles. The SMILES string of the molecule is COc1ccc([C@@H](c2ccc(OCCN(C)C)cc2)c2cccs2)cc1. The fourth-order valence-electron chi connectivity index (χ4n) is 2.88. The first kappa shape index (κ1) is 18.5. The zero-order chi connectivity index (χ0) is 18.4. The third kappa shape index (κ3) is 4.65. The molecule has 4 heteroatoms. The van der Waals surface area contributed by atoms with Crippen LogP contribution in [0.4, 0.5) is 0 Å². The van der Waals surface area contributed by atoms with E-state index in [2.05, 4.69) is 58.8 Å². The predicted octanol–water partition coefficient (Wildman–Crippen LogP) is 4.88. The lowest BCUT2D eigenvalue weighted by Crippen LogP contribution is -2.19. The summed E-state index contributed by atoms with van der Waals surface area (Å²) in [7, 11) is 5.79. The van der Waals surface area contributed by atoms with Gasteiger partial charge in [0.05, 0.1) is 7.11 Å². The van der Waals surface area contributed by atoms with E-state index in [1.807, 2.05) is 26.2 Å². The first-order chi connectivity index (χ1) is 12.7. The Labute approximate surface area is 159 Å². The smallest absolute Gasteiger partial charge is 0.119 e. The Morgan fingerprint density at radius 3 is 2.00 bits per heavy atom. The Bertz CT molecular complexity index is 780. The normalized spacial score (nSPS) is 12.2. The average Bonchev–Trinajstić information content (AvgIpc) is 3.18. The van der Waals surface area contributed by atoms with Crippen LogP contribution in [0.1, 0.15) is 21.9 Å². The van der Waals surface area contributed by atoms with Crippen molar-refractivity contribution in [2.75, 3.05) is 34.4 Å². The van der Waals surface area contributed by atoms with E-state index in [1.165, 1.54) is 16.0 Å². The summed E-state index contributed by atoms with van der Waals surface area (Å²) in [5.74, 6) is 2.01. The fraction of sp³-hybridized carbons (Fsp3) is 0.273. The van der Waals surface area contributed by atoms with Crippen molar-refractivity contribution in [3.8, 4) is 11.5 Å². The van der Waals surface area contributed by atoms with E-state index in [-0.39, 0.29) is 5.92 Å². The van der Waals surface area contributed by atoms with Crippen LogP contribution in [-0.4, -0.2) is 39.3 Å². The summed E-state index contributed by atoms with van der Waals surface area (Å²) < 4.78 is 11.1. The van der Waals surface area contributed by atoms with Gasteiger partial charge in [0.1, 0.15) is 18.1 Å². The summed E-state index contributed by atoms with van der Waals surface area (Å²) in [6.07, 6.45) is 0. The molecule has 26 heavy (non-hydrogen) atoms. The highest BCUT2D eigenvalue weighted by Gasteiger charge is 2.18. The van der Waals surface area contributed by atoms with Crippen LogP contribution < -0.4 is 9.47 Å². The van der Waals surface area contributed by atoms with Gasteiger partial charge in [0.15, 0.2) is 0 Å². The molecule has 1 atom stereocenters. The van der Waals surface area contributed by atoms with Crippen molar-refractivity contribution in [1.82, 2.24) is 4.90 Å². The molecule has 0 saturated carbocycles. The van der Waals surface area contributed by atoms with Gasteiger partial charge in [0, 0.05) is 17.3 Å². The summed E-state index contributed by atoms with van der Waals surface area (Å²) in [6, 6.07) is 21.1. The molecule has 0 amide bonds. The van der Waals surface area contributed by atoms with Crippen LogP contribution in [0.25, 0.3) is 0 Å². The molecule has 0 aliphatic rings. The van der Waals surface area contributed by atoms with E-state index in [0.29, 0.717) is 6.61 Å². The van der Waals surface area contributed by atoms with Crippen LogP contribution in [0, 0.1) is 0 Å². The second-order valence-electron chi connectivity index (χ2n) is 6.44. The molecule has 0 radical (unpaired) electrons. The summed E-state index contributed by atoms with van der Waals surface area (Å²) >= 11 is 1.78. The third-order valence-electron chi connectivity index (χ3n) is 4.30. The number of likely N-dealkylation sites (N-methyl/N-ethyl adjacent to an activating group) is 1. The lowest BCUT2D eigenvalue weighted by atomic mass is 9.90. The van der Waals surface area contributed by atoms with Gasteiger partial charge in [-0.2, -0.15) is 0 Å². The molecule has 0 saturated heterocycles. The van der Waals surface area contributed by atoms with E-state index < -0.39 is 0 Å². The lowest BCUT2D eigenvalue weighted by molar-refractivity contribution is 0.261. The lowest BCUT2D eigenvalue weighted by Gasteiger charge is -2.18. The second kappa shape index (κ2) is 8.88. The molecule has 0 aliphatic carbocycles. The summed E-state index contributed by atoms with van der Waals surface area (Å²) in [5, 5.41) is 2.13. The largest absolute Gasteiger partial charge is 0.497 e. The summed E-state index contributed by atoms with van der Waals surface area (Å²) in [5.41, 5.74) is 2.52. The number of hydrogen-bond donors (Lipinski definition) is 0. The number of rotatable bonds is 8. The molecule has 3 aromatic rings. The van der Waals surface area contributed by atoms with E-state index in [1.54, 1.807) is 18.4 Å². The summed E-state index contributed by atoms with van der Waals surface area (Å²) in [4.78, 5) is 3.45. The van der Waals surface area contributed by atoms with Crippen LogP contribution in [0.2, 0.25) is 0 Å². The topological polar surface area (TPSA) is 21.7 Å². The van der Waals surface area contributed by atoms with E-state index in [0.717, 1.165) is 18.0 Å². The van der Waals surface area contributed by atoms with Crippen LogP contribution in [0.15, 0.2) is 66.0 Å². The number of ether oxygens (including phenoxy) is 2. The number of benzene rings is 2. The van der Waals surface area contributed by atoms with Crippen LogP contribution in [0.3, 0.4) is 0 Å². The van der Waals surface area contributed by atoms with Crippen molar-refractivity contribution in [3.63, 3.8) is 0 Å². The van der Waals surface area contributed by atoms with Gasteiger partial charge in [-0.3, -0.25) is 0 Å². The molecule has 2 aromatic carbocycles. The van der Waals surface area contributed by atoms with E-state index in [4.69, 9.17) is 9.47 Å². The minimum atomic E-state index is 0.219. The van der Waals surface area contributed by atoms with Gasteiger partial charge in [-0.05, 0) is 60.9 Å². The molecular weight excluding hydrogens is 342 g/mol. The monoisotopic (exact) mass is 367 g/mol. The first-order valence-electron chi connectivity index (χ1n) is 8.72. The van der Waals surface area contributed by atoms with Crippen LogP contribution in [-0.2, 0) is 0 Å². The zero-order valence-corrected chi connectivity index (χ0v) is 16.3. The first-order valence-corrected chi connectivity index (χ1v) is 9.60. The number of hydrogen-bond acceptors (Lipinski definition) is 4. The quantitative estimate of drug-likeness (QED) is 0.566. The Hall–Kier alpha value is -2.30. The Morgan fingerprint density at radius 1 is 0.885 bits per heavy atom. The van der Waals surface area contributed by atoms with Gasteiger partial charge in [0.25, 0.3) is 0 Å². The van der Waals surface area contributed by atoms with Crippen molar-refractivity contribution >= 4 is 11.3 Å². The molecule has 3 rings (SSSR count). The highest BCUT2D eigenvalue weighted by Crippen LogP contribution is 2.35. The highest BCUT2D eigenvalue weighted by molar-refractivity contribution is 7.10. The zero-order valence-electron chi connectivity index (χ0n) is 15.5. The standard InChI is InChI=1S/C22H25NO2S/c1-23(2)14-15-25-20-12-8-18(9-13-20)22(21-5-4-16-26-21)17-6-10-19(24-3)11-7-17/h4-13,16,22H,14-15H2,1-3H3/t22-/m0/s1. The minimum absolute atomic E-state index is 0.219. The van der Waals surface area contributed by atoms with Gasteiger partial charge < -0.3 is 14.4 Å². The minimum Gasteiger partial charge on any atom is -0.497 e. The Morgan fingerprint density at radius 2 is 1.50 bits per heavy atom. The molecule has 136 valence electrons. The van der Waals surface area contributed by atoms with Gasteiger partial charge in [0.2, 0.25) is 0 Å². The maximum absolute atomic E-state index is 5.82. The second-order valence-corrected chi connectivity index (χ2v) is 7.42. The molecule has 0 aliphatic heterocycles. The van der Waals surface area contributed by atoms with E-state index in [9.17, 15) is 0 Å². The number of nitrogens with zero attached hydrogens (tertiary/aromatic N) is 1. The Balaban J connectivity index is 1.83. The highest BCUT2D eigenvalue weighted by atomic mass is 32.1. The third-order valence-corrected chi connectivity index (χ3v) is 5.23. The maximum atomic E-state index is 5.82. The maximum Gasteiger partial charge on any atom is 0.119 e. The molecule has 0 N–H and O–H groups in total. The van der Waals surface area contributed by atoms with Crippen molar-refractivity contribution < 1.29 is 9.47 Å². The Kier molecular flexibility index (Phi) is 6.31. The van der Waals surface area contributed by atoms with Crippen molar-refractivity contribution in [1.29, 1.82) is 0 Å². The van der Waals surface area contributed by atoms with Crippen LogP contribution in [0.5, 0.6) is 11.5 Å². The van der Waals surface area contributed by atoms with Gasteiger partial charge >= 0.3 is 0 Å². The molecule has 0 spiro atoms. The molecule has 0 bridgehead atoms. The van der Waals surface area contributed by atoms with Crippen LogP contribution >= 0.6 is 11.3 Å². The molecule has 0 fully saturated rings. The van der Waals surface area contributed by atoms with Crippen molar-refractivity contribution in [2.24, 2.45) is 0 Å². The number of methoxy groups -OCH3 is 1. The van der Waals surface area contributed by atoms with Crippen molar-refractivity contribution in [3.05, 3.63) is 82.0 Å². The van der Waals surface area contributed by atoms with Gasteiger partial charge in [-0.25, -0.2) is 0 Å². The van der Waals surface area contributed by atoms with E-state index >= 15 is 0 Å². The molecule has 3 nitrogen and oxygen atoms in total. The van der Waals surface area contributed by atoms with Gasteiger partial charge in [-0.1, -0.05) is 30.3 Å². The number of thiophene rings is 1. The summed E-state index contributed by atoms with van der Waals surface area (Å²) in [6.45, 7) is 1.60. The molecule has 1 aromatic heterocycles. The van der Waals surface area contributed by atoms with Gasteiger partial charge in [-0.15, -0.1) is 11.3 Å².